The van der Waals surface area contributed by atoms with Crippen LogP contribution in [0.15, 0.2) is 144 Å². The van der Waals surface area contributed by atoms with Gasteiger partial charge in [0.1, 0.15) is 11.2 Å². The van der Waals surface area contributed by atoms with Crippen molar-refractivity contribution in [3.63, 3.8) is 0 Å². The van der Waals surface area contributed by atoms with Gasteiger partial charge >= 0.3 is 0 Å². The summed E-state index contributed by atoms with van der Waals surface area (Å²) in [5.74, 6) is 0. The lowest BCUT2D eigenvalue weighted by atomic mass is 9.58. The zero-order valence-electron chi connectivity index (χ0n) is 26.7. The molecule has 0 fully saturated rings. The molecule has 0 unspecified atom stereocenters. The highest BCUT2D eigenvalue weighted by atomic mass is 16.3. The molecular formula is C44H30BN2O. The summed E-state index contributed by atoms with van der Waals surface area (Å²) < 4.78 is 8.93. The molecule has 0 spiro atoms. The summed E-state index contributed by atoms with van der Waals surface area (Å²) in [4.78, 5) is 0. The van der Waals surface area contributed by atoms with Crippen molar-refractivity contribution < 1.29 is 4.42 Å². The maximum absolute atomic E-state index is 6.44. The van der Waals surface area contributed by atoms with E-state index in [0.717, 1.165) is 38.9 Å². The van der Waals surface area contributed by atoms with Crippen molar-refractivity contribution in [3.8, 4) is 27.9 Å². The van der Waals surface area contributed by atoms with E-state index in [9.17, 15) is 0 Å². The molecule has 10 rings (SSSR count). The smallest absolute Gasteiger partial charge is 0.197 e. The second kappa shape index (κ2) is 10.3. The molecule has 3 nitrogen and oxygen atoms in total. The van der Waals surface area contributed by atoms with Crippen LogP contribution >= 0.6 is 0 Å². The maximum Gasteiger partial charge on any atom is 0.197 e. The van der Waals surface area contributed by atoms with Crippen LogP contribution in [0.4, 0.5) is 11.4 Å². The van der Waals surface area contributed by atoms with Crippen molar-refractivity contribution in [1.29, 1.82) is 0 Å². The van der Waals surface area contributed by atoms with Crippen LogP contribution < -0.4 is 16.2 Å². The van der Waals surface area contributed by atoms with Crippen molar-refractivity contribution in [3.05, 3.63) is 151 Å². The van der Waals surface area contributed by atoms with Crippen molar-refractivity contribution >= 4 is 73.3 Å². The molecule has 1 aliphatic heterocycles. The number of furan rings is 1. The number of fused-ring (bicyclic) bond motifs is 8. The van der Waals surface area contributed by atoms with Crippen LogP contribution in [0.25, 0.3) is 71.7 Å². The SMILES string of the molecule is Cc1ccc(Nc2cc3oc4ccccc4c3cc2-c2cc(-c3ccccc3)c3c4ccccc4n4c3c2[B]c2cc(C)ccc2-4)cc1. The molecule has 1 radical (unpaired) electrons. The number of para-hydroxylation sites is 2. The minimum atomic E-state index is 0.867. The second-order valence-corrected chi connectivity index (χ2v) is 13.0. The quantitative estimate of drug-likeness (QED) is 0.200. The minimum absolute atomic E-state index is 0.867. The van der Waals surface area contributed by atoms with E-state index in [1.807, 2.05) is 6.07 Å². The molecule has 48 heavy (non-hydrogen) atoms. The predicted octanol–water partition coefficient (Wildman–Crippen LogP) is 10.3. The highest BCUT2D eigenvalue weighted by Gasteiger charge is 2.29. The first-order valence-electron chi connectivity index (χ1n) is 16.5. The monoisotopic (exact) mass is 613 g/mol. The van der Waals surface area contributed by atoms with E-state index in [4.69, 9.17) is 4.42 Å². The van der Waals surface area contributed by atoms with Crippen LogP contribution in [0.5, 0.6) is 0 Å². The van der Waals surface area contributed by atoms with Crippen molar-refractivity contribution in [1.82, 2.24) is 4.57 Å². The molecule has 0 saturated heterocycles. The topological polar surface area (TPSA) is 30.1 Å². The molecule has 0 saturated carbocycles. The van der Waals surface area contributed by atoms with Gasteiger partial charge in [0.15, 0.2) is 7.28 Å². The summed E-state index contributed by atoms with van der Waals surface area (Å²) in [6.45, 7) is 4.29. The summed E-state index contributed by atoms with van der Waals surface area (Å²) in [6.07, 6.45) is 0. The molecular weight excluding hydrogens is 583 g/mol. The number of benzene rings is 7. The molecule has 9 aromatic rings. The lowest BCUT2D eigenvalue weighted by Crippen LogP contribution is -2.37. The van der Waals surface area contributed by atoms with Gasteiger partial charge in [0.25, 0.3) is 0 Å². The Labute approximate surface area is 279 Å². The van der Waals surface area contributed by atoms with Crippen molar-refractivity contribution in [2.75, 3.05) is 5.32 Å². The number of aromatic nitrogens is 1. The first-order valence-corrected chi connectivity index (χ1v) is 16.5. The van der Waals surface area contributed by atoms with E-state index in [-0.39, 0.29) is 0 Å². The Morgan fingerprint density at radius 2 is 1.33 bits per heavy atom. The lowest BCUT2D eigenvalue weighted by molar-refractivity contribution is 0.669. The third-order valence-corrected chi connectivity index (χ3v) is 9.92. The molecule has 3 heterocycles. The van der Waals surface area contributed by atoms with Crippen molar-refractivity contribution in [2.24, 2.45) is 0 Å². The van der Waals surface area contributed by atoms with Crippen molar-refractivity contribution in [2.45, 2.75) is 13.8 Å². The van der Waals surface area contributed by atoms with E-state index >= 15 is 0 Å². The average Bonchev–Trinajstić information content (AvgIpc) is 3.66. The number of nitrogens with one attached hydrogen (secondary N) is 1. The van der Waals surface area contributed by atoms with Gasteiger partial charge in [0, 0.05) is 50.1 Å². The fourth-order valence-corrected chi connectivity index (χ4v) is 7.69. The molecule has 0 atom stereocenters. The number of nitrogens with zero attached hydrogens (tertiary/aromatic N) is 1. The highest BCUT2D eigenvalue weighted by Crippen LogP contribution is 2.44. The lowest BCUT2D eigenvalue weighted by Gasteiger charge is -2.25. The van der Waals surface area contributed by atoms with E-state index in [0.29, 0.717) is 0 Å². The second-order valence-electron chi connectivity index (χ2n) is 13.0. The fourth-order valence-electron chi connectivity index (χ4n) is 7.69. The Bertz CT molecular complexity index is 2740. The molecule has 1 aliphatic rings. The normalized spacial score (nSPS) is 12.1. The third kappa shape index (κ3) is 4.02. The average molecular weight is 614 g/mol. The molecule has 225 valence electrons. The number of hydrogen-bond donors (Lipinski definition) is 1. The van der Waals surface area contributed by atoms with E-state index < -0.39 is 0 Å². The van der Waals surface area contributed by atoms with Gasteiger partial charge < -0.3 is 14.3 Å². The first-order chi connectivity index (χ1) is 23.6. The van der Waals surface area contributed by atoms with Crippen LogP contribution in [0.1, 0.15) is 11.1 Å². The number of anilines is 2. The Morgan fingerprint density at radius 1 is 0.583 bits per heavy atom. The summed E-state index contributed by atoms with van der Waals surface area (Å²) in [5.41, 5.74) is 17.1. The molecule has 7 aromatic carbocycles. The zero-order chi connectivity index (χ0) is 31.9. The van der Waals surface area contributed by atoms with Crippen LogP contribution in [-0.4, -0.2) is 11.8 Å². The molecule has 0 amide bonds. The zero-order valence-corrected chi connectivity index (χ0v) is 26.7. The predicted molar refractivity (Wildman–Crippen MR) is 203 cm³/mol. The minimum Gasteiger partial charge on any atom is -0.456 e. The standard InChI is InChI=1S/C44H30BN2O/c1-26-16-19-29(20-17-26)46-37-25-41-34(30-12-7-9-15-40(30)48-41)24-33(37)35-23-32(28-10-4-3-5-11-28)42-31-13-6-8-14-38(31)47-39-21-18-27(2)22-36(39)45-43(35)44(42)47/h3-25,46H,1-2H3. The largest absolute Gasteiger partial charge is 0.456 e. The molecule has 0 bridgehead atoms. The molecule has 0 aliphatic carbocycles. The van der Waals surface area contributed by atoms with Gasteiger partial charge in [-0.3, -0.25) is 0 Å². The van der Waals surface area contributed by atoms with Crippen LogP contribution in [0, 0.1) is 13.8 Å². The summed E-state index contributed by atoms with van der Waals surface area (Å²) >= 11 is 0. The third-order valence-electron chi connectivity index (χ3n) is 9.92. The van der Waals surface area contributed by atoms with Gasteiger partial charge in [-0.25, -0.2) is 0 Å². The molecule has 1 N–H and O–H groups in total. The van der Waals surface area contributed by atoms with Gasteiger partial charge in [-0.2, -0.15) is 0 Å². The Hall–Kier alpha value is -6.00. The fraction of sp³-hybridized carbons (Fsp3) is 0.0455. The van der Waals surface area contributed by atoms with E-state index in [1.54, 1.807) is 0 Å². The molecule has 4 heteroatoms. The Kier molecular flexibility index (Phi) is 5.80. The van der Waals surface area contributed by atoms with Crippen LogP contribution in [0.3, 0.4) is 0 Å². The summed E-state index contributed by atoms with van der Waals surface area (Å²) in [7, 11) is 2.40. The first kappa shape index (κ1) is 27.1. The molecule has 2 aromatic heterocycles. The number of rotatable bonds is 4. The van der Waals surface area contributed by atoms with Gasteiger partial charge in [-0.1, -0.05) is 108 Å². The Balaban J connectivity index is 1.37. The summed E-state index contributed by atoms with van der Waals surface area (Å²) in [5, 5.41) is 8.56. The number of aryl methyl sites for hydroxylation is 2. The summed E-state index contributed by atoms with van der Waals surface area (Å²) in [6, 6.07) is 50.3. The highest BCUT2D eigenvalue weighted by molar-refractivity contribution is 6.73. The van der Waals surface area contributed by atoms with Gasteiger partial charge in [-0.15, -0.1) is 0 Å². The van der Waals surface area contributed by atoms with Gasteiger partial charge in [0.2, 0.25) is 0 Å². The van der Waals surface area contributed by atoms with Gasteiger partial charge in [-0.05, 0) is 78.5 Å². The van der Waals surface area contributed by atoms with Crippen LogP contribution in [0.2, 0.25) is 0 Å². The number of hydrogen-bond acceptors (Lipinski definition) is 2. The van der Waals surface area contributed by atoms with E-state index in [2.05, 4.69) is 164 Å². The van der Waals surface area contributed by atoms with Gasteiger partial charge in [0.05, 0.1) is 11.2 Å². The van der Waals surface area contributed by atoms with E-state index in [1.165, 1.54) is 66.2 Å². The maximum atomic E-state index is 6.44. The Morgan fingerprint density at radius 3 is 2.19 bits per heavy atom. The van der Waals surface area contributed by atoms with Crippen LogP contribution in [-0.2, 0) is 0 Å².